The molecule has 1 aliphatic heterocycles. The number of nitrogens with zero attached hydrogens (tertiary/aromatic N) is 2. The van der Waals surface area contributed by atoms with E-state index in [1.54, 1.807) is 4.88 Å². The predicted octanol–water partition coefficient (Wildman–Crippen LogP) is 4.08. The lowest BCUT2D eigenvalue weighted by Crippen LogP contribution is -2.32. The number of aromatic nitrogens is 1. The fraction of sp³-hybridized carbons (Fsp3) is 0.471. The van der Waals surface area contributed by atoms with Gasteiger partial charge in [0.05, 0.1) is 5.69 Å². The van der Waals surface area contributed by atoms with Gasteiger partial charge in [-0.25, -0.2) is 0 Å². The molecule has 0 fully saturated rings. The summed E-state index contributed by atoms with van der Waals surface area (Å²) in [7, 11) is 0. The van der Waals surface area contributed by atoms with Crippen LogP contribution in [0, 0.1) is 0 Å². The molecule has 4 heteroatoms. The lowest BCUT2D eigenvalue weighted by molar-refractivity contribution is 0.189. The van der Waals surface area contributed by atoms with Gasteiger partial charge in [-0.15, -0.1) is 11.3 Å². The van der Waals surface area contributed by atoms with E-state index in [1.807, 2.05) is 17.5 Å². The van der Waals surface area contributed by atoms with Gasteiger partial charge in [-0.05, 0) is 48.9 Å². The first-order valence-electron chi connectivity index (χ1n) is 7.77. The van der Waals surface area contributed by atoms with Gasteiger partial charge in [0.1, 0.15) is 0 Å². The van der Waals surface area contributed by atoms with E-state index in [4.69, 9.17) is 0 Å². The van der Waals surface area contributed by atoms with Crippen LogP contribution in [0.3, 0.4) is 0 Å². The van der Waals surface area contributed by atoms with Crippen LogP contribution in [0.5, 0.6) is 0 Å². The smallest absolute Gasteiger partial charge is 0.0564 e. The summed E-state index contributed by atoms with van der Waals surface area (Å²) in [6.45, 7) is 7.57. The van der Waals surface area contributed by atoms with Gasteiger partial charge in [0.2, 0.25) is 0 Å². The number of anilines is 1. The Bertz CT molecular complexity index is 593. The van der Waals surface area contributed by atoms with Gasteiger partial charge in [0.15, 0.2) is 0 Å². The molecule has 0 aliphatic carbocycles. The Balaban J connectivity index is 1.69. The fourth-order valence-corrected chi connectivity index (χ4v) is 3.89. The minimum absolute atomic E-state index is 0.494. The molecule has 0 bridgehead atoms. The molecule has 2 aromatic rings. The van der Waals surface area contributed by atoms with Crippen molar-refractivity contribution in [3.8, 4) is 0 Å². The summed E-state index contributed by atoms with van der Waals surface area (Å²) in [5.74, 6) is 0. The summed E-state index contributed by atoms with van der Waals surface area (Å²) >= 11 is 1.90. The molecule has 1 atom stereocenters. The molecule has 0 aromatic carbocycles. The minimum atomic E-state index is 0.494. The Kier molecular flexibility index (Phi) is 4.56. The maximum atomic E-state index is 4.54. The second kappa shape index (κ2) is 6.58. The van der Waals surface area contributed by atoms with Crippen molar-refractivity contribution in [2.24, 2.45) is 0 Å². The van der Waals surface area contributed by atoms with Gasteiger partial charge >= 0.3 is 0 Å². The highest BCUT2D eigenvalue weighted by molar-refractivity contribution is 7.10. The highest BCUT2D eigenvalue weighted by atomic mass is 32.1. The summed E-state index contributed by atoms with van der Waals surface area (Å²) in [5, 5.41) is 5.66. The van der Waals surface area contributed by atoms with Crippen molar-refractivity contribution in [3.05, 3.63) is 45.9 Å². The zero-order chi connectivity index (χ0) is 14.7. The topological polar surface area (TPSA) is 28.2 Å². The highest BCUT2D eigenvalue weighted by Crippen LogP contribution is 2.33. The molecule has 1 aliphatic rings. The molecule has 112 valence electrons. The first-order chi connectivity index (χ1) is 10.3. The molecule has 1 N–H and O–H groups in total. The van der Waals surface area contributed by atoms with Crippen molar-refractivity contribution in [2.75, 3.05) is 18.4 Å². The van der Waals surface area contributed by atoms with Crippen LogP contribution in [-0.2, 0) is 13.0 Å². The van der Waals surface area contributed by atoms with Gasteiger partial charge in [-0.2, -0.15) is 0 Å². The van der Waals surface area contributed by atoms with Gasteiger partial charge in [-0.1, -0.05) is 6.92 Å². The highest BCUT2D eigenvalue weighted by Gasteiger charge is 2.24. The van der Waals surface area contributed by atoms with Crippen LogP contribution in [0.1, 0.15) is 42.4 Å². The van der Waals surface area contributed by atoms with Crippen LogP contribution in [0.4, 0.5) is 5.69 Å². The second-order valence-electron chi connectivity index (χ2n) is 5.66. The molecule has 3 nitrogen and oxygen atoms in total. The molecular weight excluding hydrogens is 278 g/mol. The predicted molar refractivity (Wildman–Crippen MR) is 89.9 cm³/mol. The van der Waals surface area contributed by atoms with Crippen molar-refractivity contribution in [1.82, 2.24) is 9.88 Å². The molecule has 0 saturated heterocycles. The van der Waals surface area contributed by atoms with Crippen LogP contribution in [-0.4, -0.2) is 23.0 Å². The van der Waals surface area contributed by atoms with E-state index in [0.29, 0.717) is 6.04 Å². The molecule has 21 heavy (non-hydrogen) atoms. The number of nitrogens with one attached hydrogen (secondary N) is 1. The fourth-order valence-electron chi connectivity index (χ4n) is 2.93. The normalized spacial score (nSPS) is 18.5. The van der Waals surface area contributed by atoms with Crippen LogP contribution < -0.4 is 5.32 Å². The maximum Gasteiger partial charge on any atom is 0.0564 e. The lowest BCUT2D eigenvalue weighted by atomic mass is 10.0. The molecule has 3 rings (SSSR count). The van der Waals surface area contributed by atoms with Crippen molar-refractivity contribution in [3.63, 3.8) is 0 Å². The largest absolute Gasteiger partial charge is 0.385 e. The van der Waals surface area contributed by atoms with Gasteiger partial charge < -0.3 is 5.32 Å². The summed E-state index contributed by atoms with van der Waals surface area (Å²) in [5.41, 5.74) is 3.84. The minimum Gasteiger partial charge on any atom is -0.385 e. The summed E-state index contributed by atoms with van der Waals surface area (Å²) < 4.78 is 0. The van der Waals surface area contributed by atoms with Crippen LogP contribution in [0.15, 0.2) is 29.8 Å². The van der Waals surface area contributed by atoms with Crippen molar-refractivity contribution in [1.29, 1.82) is 0 Å². The number of pyridine rings is 1. The van der Waals surface area contributed by atoms with E-state index < -0.39 is 0 Å². The van der Waals surface area contributed by atoms with Gasteiger partial charge in [0, 0.05) is 42.4 Å². The second-order valence-corrected chi connectivity index (χ2v) is 6.66. The Morgan fingerprint density at radius 2 is 2.33 bits per heavy atom. The van der Waals surface area contributed by atoms with E-state index >= 15 is 0 Å². The number of hydrogen-bond donors (Lipinski definition) is 1. The average molecular weight is 301 g/mol. The first kappa shape index (κ1) is 14.5. The monoisotopic (exact) mass is 301 g/mol. The molecule has 0 amide bonds. The third kappa shape index (κ3) is 3.27. The summed E-state index contributed by atoms with van der Waals surface area (Å²) in [6, 6.07) is 7.01. The first-order valence-corrected chi connectivity index (χ1v) is 8.65. The lowest BCUT2D eigenvalue weighted by Gasteiger charge is -2.33. The summed E-state index contributed by atoms with van der Waals surface area (Å²) in [6.07, 6.45) is 4.23. The molecular formula is C17H23N3S. The number of thiophene rings is 1. The molecule has 2 aromatic heterocycles. The molecule has 0 spiro atoms. The van der Waals surface area contributed by atoms with E-state index in [9.17, 15) is 0 Å². The summed E-state index contributed by atoms with van der Waals surface area (Å²) in [4.78, 5) is 8.63. The zero-order valence-corrected chi connectivity index (χ0v) is 13.6. The van der Waals surface area contributed by atoms with Crippen molar-refractivity contribution in [2.45, 2.75) is 39.3 Å². The average Bonchev–Trinajstić information content (AvgIpc) is 2.98. The molecule has 0 radical (unpaired) electrons. The number of fused-ring (bicyclic) bond motifs is 1. The zero-order valence-electron chi connectivity index (χ0n) is 12.8. The Labute approximate surface area is 131 Å². The molecule has 3 heterocycles. The number of rotatable bonds is 5. The van der Waals surface area contributed by atoms with Gasteiger partial charge in [-0.3, -0.25) is 9.88 Å². The van der Waals surface area contributed by atoms with Gasteiger partial charge in [0.25, 0.3) is 0 Å². The van der Waals surface area contributed by atoms with E-state index in [-0.39, 0.29) is 0 Å². The number of hydrogen-bond acceptors (Lipinski definition) is 4. The Hall–Kier alpha value is -1.39. The SMILES string of the molecule is CCCNc1ccnc(CN2CCc3sccc3C2C)c1. The van der Waals surface area contributed by atoms with Crippen LogP contribution in [0.25, 0.3) is 0 Å². The molecule has 1 unspecified atom stereocenters. The van der Waals surface area contributed by atoms with E-state index in [2.05, 4.69) is 52.6 Å². The van der Waals surface area contributed by atoms with E-state index in [1.165, 1.54) is 17.7 Å². The van der Waals surface area contributed by atoms with Crippen LogP contribution >= 0.6 is 11.3 Å². The van der Waals surface area contributed by atoms with E-state index in [0.717, 1.165) is 31.7 Å². The Morgan fingerprint density at radius 1 is 1.43 bits per heavy atom. The standard InChI is InChI=1S/C17H23N3S/c1-3-7-18-14-4-8-19-15(11-14)12-20-9-5-17-16(13(20)2)6-10-21-17/h4,6,8,10-11,13H,3,5,7,9,12H2,1-2H3,(H,18,19). The molecule has 0 saturated carbocycles. The Morgan fingerprint density at radius 3 is 3.19 bits per heavy atom. The maximum absolute atomic E-state index is 4.54. The third-order valence-electron chi connectivity index (χ3n) is 4.16. The quantitative estimate of drug-likeness (QED) is 0.902. The van der Waals surface area contributed by atoms with Crippen LogP contribution in [0.2, 0.25) is 0 Å². The third-order valence-corrected chi connectivity index (χ3v) is 5.16. The van der Waals surface area contributed by atoms with Crippen molar-refractivity contribution >= 4 is 17.0 Å². The van der Waals surface area contributed by atoms with Crippen molar-refractivity contribution < 1.29 is 0 Å².